The molecule has 0 amide bonds. The van der Waals surface area contributed by atoms with Crippen LogP contribution in [0, 0.1) is 5.82 Å². The zero-order valence-electron chi connectivity index (χ0n) is 12.5. The molecule has 2 rings (SSSR count). The Balaban J connectivity index is 2.13. The van der Waals surface area contributed by atoms with Crippen LogP contribution in [0.3, 0.4) is 0 Å². The van der Waals surface area contributed by atoms with Gasteiger partial charge in [0.05, 0.1) is 7.11 Å². The first-order valence-corrected chi connectivity index (χ1v) is 6.88. The predicted octanol–water partition coefficient (Wildman–Crippen LogP) is 1.42. The van der Waals surface area contributed by atoms with E-state index < -0.39 is 17.8 Å². The molecule has 0 spiro atoms. The minimum Gasteiger partial charge on any atom is -0.494 e. The Bertz CT molecular complexity index is 522. The lowest BCUT2D eigenvalue weighted by Crippen LogP contribution is -2.35. The van der Waals surface area contributed by atoms with Crippen LogP contribution in [0.4, 0.5) is 4.39 Å². The number of nitrogens with zero attached hydrogens (tertiary/aromatic N) is 2. The van der Waals surface area contributed by atoms with E-state index in [-0.39, 0.29) is 11.8 Å². The van der Waals surface area contributed by atoms with E-state index in [0.717, 1.165) is 5.56 Å². The first-order chi connectivity index (χ1) is 9.92. The quantitative estimate of drug-likeness (QED) is 0.890. The van der Waals surface area contributed by atoms with Crippen LogP contribution in [0.2, 0.25) is 0 Å². The number of likely N-dealkylation sites (tertiary alicyclic amines) is 1. The Morgan fingerprint density at radius 2 is 2.24 bits per heavy atom. The van der Waals surface area contributed by atoms with Crippen molar-refractivity contribution >= 4 is 5.97 Å². The molecule has 0 aromatic heterocycles. The number of methoxy groups -OCH3 is 1. The van der Waals surface area contributed by atoms with Gasteiger partial charge >= 0.3 is 5.97 Å². The summed E-state index contributed by atoms with van der Waals surface area (Å²) < 4.78 is 18.6. The smallest absolute Gasteiger partial charge is 0.320 e. The van der Waals surface area contributed by atoms with Crippen LogP contribution in [-0.4, -0.2) is 60.7 Å². The predicted molar refractivity (Wildman–Crippen MR) is 76.9 cm³/mol. The third-order valence-corrected chi connectivity index (χ3v) is 4.00. The Labute approximate surface area is 123 Å². The van der Waals surface area contributed by atoms with Gasteiger partial charge in [-0.25, -0.2) is 4.39 Å². The van der Waals surface area contributed by atoms with Crippen LogP contribution >= 0.6 is 0 Å². The molecule has 1 aliphatic heterocycles. The van der Waals surface area contributed by atoms with Crippen molar-refractivity contribution in [3.05, 3.63) is 29.6 Å². The number of hydrogen-bond donors (Lipinski definition) is 1. The summed E-state index contributed by atoms with van der Waals surface area (Å²) >= 11 is 0. The van der Waals surface area contributed by atoms with Crippen molar-refractivity contribution in [2.75, 3.05) is 27.7 Å². The Kier molecular flexibility index (Phi) is 4.80. The molecular formula is C15H21FN2O3. The second kappa shape index (κ2) is 6.41. The normalized spacial score (nSPS) is 22.7. The number of halogens is 1. The molecule has 6 heteroatoms. The van der Waals surface area contributed by atoms with Gasteiger partial charge in [0.2, 0.25) is 0 Å². The standard InChI is InChI=1S/C15H21FN2O3/c1-17(2)11-7-13(15(19)20)18(9-11)8-10-4-5-14(21-3)12(16)6-10/h4-6,11,13H,7-9H2,1-3H3,(H,19,20)/t11-,13+/m1/s1. The van der Waals surface area contributed by atoms with Crippen molar-refractivity contribution in [2.45, 2.75) is 25.0 Å². The second-order valence-electron chi connectivity index (χ2n) is 5.61. The second-order valence-corrected chi connectivity index (χ2v) is 5.61. The van der Waals surface area contributed by atoms with Crippen LogP contribution in [-0.2, 0) is 11.3 Å². The zero-order valence-corrected chi connectivity index (χ0v) is 12.5. The van der Waals surface area contributed by atoms with Crippen LogP contribution in [0.5, 0.6) is 5.75 Å². The molecule has 0 saturated carbocycles. The third kappa shape index (κ3) is 3.51. The molecule has 0 radical (unpaired) electrons. The van der Waals surface area contributed by atoms with Crippen molar-refractivity contribution in [1.82, 2.24) is 9.80 Å². The average molecular weight is 296 g/mol. The molecule has 1 N–H and O–H groups in total. The minimum atomic E-state index is -0.826. The SMILES string of the molecule is COc1ccc(CN2C[C@H](N(C)C)C[C@H]2C(=O)O)cc1F. The van der Waals surface area contributed by atoms with Gasteiger partial charge in [-0.2, -0.15) is 0 Å². The summed E-state index contributed by atoms with van der Waals surface area (Å²) in [6.07, 6.45) is 0.584. The number of aliphatic carboxylic acids is 1. The van der Waals surface area contributed by atoms with Gasteiger partial charge in [0, 0.05) is 19.1 Å². The van der Waals surface area contributed by atoms with Crippen LogP contribution in [0.25, 0.3) is 0 Å². The number of carboxylic acids is 1. The molecule has 5 nitrogen and oxygen atoms in total. The van der Waals surface area contributed by atoms with Gasteiger partial charge < -0.3 is 14.7 Å². The Morgan fingerprint density at radius 3 is 2.76 bits per heavy atom. The molecule has 21 heavy (non-hydrogen) atoms. The molecular weight excluding hydrogens is 275 g/mol. The highest BCUT2D eigenvalue weighted by molar-refractivity contribution is 5.74. The van der Waals surface area contributed by atoms with E-state index in [1.165, 1.54) is 13.2 Å². The largest absolute Gasteiger partial charge is 0.494 e. The highest BCUT2D eigenvalue weighted by atomic mass is 19.1. The van der Waals surface area contributed by atoms with Crippen molar-refractivity contribution in [3.8, 4) is 5.75 Å². The van der Waals surface area contributed by atoms with E-state index in [1.54, 1.807) is 12.1 Å². The summed E-state index contributed by atoms with van der Waals surface area (Å²) in [7, 11) is 5.31. The number of hydrogen-bond acceptors (Lipinski definition) is 4. The summed E-state index contributed by atoms with van der Waals surface area (Å²) in [5, 5.41) is 9.34. The fraction of sp³-hybridized carbons (Fsp3) is 0.533. The summed E-state index contributed by atoms with van der Waals surface area (Å²) in [5.41, 5.74) is 0.749. The molecule has 1 heterocycles. The number of benzene rings is 1. The van der Waals surface area contributed by atoms with Gasteiger partial charge in [-0.1, -0.05) is 6.07 Å². The Hall–Kier alpha value is -1.66. The third-order valence-electron chi connectivity index (χ3n) is 4.00. The molecule has 0 aliphatic carbocycles. The first kappa shape index (κ1) is 15.7. The molecule has 116 valence electrons. The highest BCUT2D eigenvalue weighted by Gasteiger charge is 2.37. The monoisotopic (exact) mass is 296 g/mol. The number of rotatable bonds is 5. The van der Waals surface area contributed by atoms with Gasteiger partial charge in [0.15, 0.2) is 11.6 Å². The molecule has 1 aromatic carbocycles. The highest BCUT2D eigenvalue weighted by Crippen LogP contribution is 2.25. The van der Waals surface area contributed by atoms with E-state index in [1.807, 2.05) is 23.9 Å². The number of carbonyl (C=O) groups is 1. The van der Waals surface area contributed by atoms with Gasteiger partial charge in [0.25, 0.3) is 0 Å². The topological polar surface area (TPSA) is 53.0 Å². The molecule has 1 aliphatic rings. The van der Waals surface area contributed by atoms with Gasteiger partial charge in [0.1, 0.15) is 6.04 Å². The summed E-state index contributed by atoms with van der Waals surface area (Å²) in [5.74, 6) is -1.06. The molecule has 0 bridgehead atoms. The van der Waals surface area contributed by atoms with E-state index in [4.69, 9.17) is 4.74 Å². The zero-order chi connectivity index (χ0) is 15.6. The molecule has 2 atom stereocenters. The lowest BCUT2D eigenvalue weighted by Gasteiger charge is -2.22. The summed E-state index contributed by atoms with van der Waals surface area (Å²) in [4.78, 5) is 15.3. The number of carboxylic acid groups (broad SMARTS) is 1. The van der Waals surface area contributed by atoms with Crippen LogP contribution in [0.15, 0.2) is 18.2 Å². The van der Waals surface area contributed by atoms with Gasteiger partial charge in [-0.05, 0) is 38.2 Å². The Morgan fingerprint density at radius 1 is 1.52 bits per heavy atom. The van der Waals surface area contributed by atoms with E-state index in [2.05, 4.69) is 0 Å². The van der Waals surface area contributed by atoms with Crippen LogP contribution < -0.4 is 4.74 Å². The fourth-order valence-corrected chi connectivity index (χ4v) is 2.73. The lowest BCUT2D eigenvalue weighted by molar-refractivity contribution is -0.142. The first-order valence-electron chi connectivity index (χ1n) is 6.88. The summed E-state index contributed by atoms with van der Waals surface area (Å²) in [6, 6.07) is 4.42. The maximum Gasteiger partial charge on any atom is 0.320 e. The summed E-state index contributed by atoms with van der Waals surface area (Å²) in [6.45, 7) is 1.08. The maximum atomic E-state index is 13.7. The molecule has 0 unspecified atom stereocenters. The molecule has 1 saturated heterocycles. The number of ether oxygens (including phenoxy) is 1. The van der Waals surface area contributed by atoms with E-state index >= 15 is 0 Å². The molecule has 1 fully saturated rings. The van der Waals surface area contributed by atoms with Gasteiger partial charge in [-0.3, -0.25) is 9.69 Å². The lowest BCUT2D eigenvalue weighted by atomic mass is 10.1. The maximum absolute atomic E-state index is 13.7. The fourth-order valence-electron chi connectivity index (χ4n) is 2.73. The minimum absolute atomic E-state index is 0.195. The average Bonchev–Trinajstić information content (AvgIpc) is 2.83. The number of likely N-dealkylation sites (N-methyl/N-ethyl adjacent to an activating group) is 1. The molecule has 1 aromatic rings. The van der Waals surface area contributed by atoms with E-state index in [9.17, 15) is 14.3 Å². The van der Waals surface area contributed by atoms with Crippen LogP contribution in [0.1, 0.15) is 12.0 Å². The van der Waals surface area contributed by atoms with Crippen molar-refractivity contribution in [1.29, 1.82) is 0 Å². The van der Waals surface area contributed by atoms with E-state index in [0.29, 0.717) is 19.5 Å². The van der Waals surface area contributed by atoms with Crippen molar-refractivity contribution < 1.29 is 19.0 Å². The van der Waals surface area contributed by atoms with Crippen molar-refractivity contribution in [2.24, 2.45) is 0 Å². The van der Waals surface area contributed by atoms with Crippen molar-refractivity contribution in [3.63, 3.8) is 0 Å². The van der Waals surface area contributed by atoms with Gasteiger partial charge in [-0.15, -0.1) is 0 Å².